The third-order valence-corrected chi connectivity index (χ3v) is 10.8. The number of rotatable bonds is 8. The number of fused-ring (bicyclic) bond motifs is 18. The second kappa shape index (κ2) is 19.5. The van der Waals surface area contributed by atoms with Crippen molar-refractivity contribution in [1.29, 1.82) is 0 Å². The van der Waals surface area contributed by atoms with Gasteiger partial charge in [-0.05, 0) is 64.2 Å². The van der Waals surface area contributed by atoms with Crippen LogP contribution in [-0.4, -0.2) is 58.6 Å². The van der Waals surface area contributed by atoms with E-state index in [-0.39, 0.29) is 44.9 Å². The number of thiophene rings is 1. The molecule has 292 valence electrons. The molecular formula is C45H44N4O7S. The molecule has 4 atom stereocenters. The van der Waals surface area contributed by atoms with Gasteiger partial charge in [-0.2, -0.15) is 0 Å². The highest BCUT2D eigenvalue weighted by molar-refractivity contribution is 7.09. The zero-order valence-electron chi connectivity index (χ0n) is 31.2. The van der Waals surface area contributed by atoms with Gasteiger partial charge in [0, 0.05) is 42.7 Å². The number of hydrogen-bond acceptors (Lipinski definition) is 7. The monoisotopic (exact) mass is 784 g/mol. The number of nitrogens with one attached hydrogen (secondary N) is 4. The van der Waals surface area contributed by atoms with Gasteiger partial charge in [0.15, 0.2) is 5.78 Å². The van der Waals surface area contributed by atoms with Gasteiger partial charge in [-0.3, -0.25) is 28.8 Å². The molecule has 0 fully saturated rings. The zero-order valence-corrected chi connectivity index (χ0v) is 32.0. The maximum Gasteiger partial charge on any atom is 0.307 e. The third kappa shape index (κ3) is 11.8. The molecule has 0 radical (unpaired) electrons. The lowest BCUT2D eigenvalue weighted by atomic mass is 9.90. The van der Waals surface area contributed by atoms with Crippen LogP contribution in [0.25, 0.3) is 11.1 Å². The standard InChI is InChI=1S/C45H44N4O7S/c50-40-27-34(45(55)56)24-30-15-19-35(20-16-30)46-41(51)21-22-42(52)47-39(28-36-12-7-23-57-36)44(54)49-38(43(53)48-37(40)25-29-8-3-1-4-9-29)26-31-13-17-33(18-14-31)32-10-5-2-6-11-32/h1-20,23,34,37-39H,21-22,24-28H2,(H,46,51)(H,47,52)(H,48,53)(H,49,54)(H,55,56)/t34-,37+,38-,39-/m1/s1. The van der Waals surface area contributed by atoms with Crippen molar-refractivity contribution in [3.05, 3.63) is 148 Å². The van der Waals surface area contributed by atoms with Crippen molar-refractivity contribution in [3.63, 3.8) is 0 Å². The Balaban J connectivity index is 1.34. The van der Waals surface area contributed by atoms with Crippen LogP contribution in [0.3, 0.4) is 0 Å². The number of aliphatic carboxylic acids is 1. The number of benzene rings is 4. The largest absolute Gasteiger partial charge is 0.481 e. The summed E-state index contributed by atoms with van der Waals surface area (Å²) in [4.78, 5) is 82.0. The summed E-state index contributed by atoms with van der Waals surface area (Å²) < 4.78 is 0. The predicted molar refractivity (Wildman–Crippen MR) is 218 cm³/mol. The van der Waals surface area contributed by atoms with Crippen LogP contribution in [0.1, 0.15) is 40.8 Å². The quantitative estimate of drug-likeness (QED) is 0.129. The lowest BCUT2D eigenvalue weighted by Crippen LogP contribution is -2.57. The average Bonchev–Trinajstić information content (AvgIpc) is 3.73. The van der Waals surface area contributed by atoms with Crippen LogP contribution in [0.2, 0.25) is 0 Å². The van der Waals surface area contributed by atoms with Crippen LogP contribution in [0.4, 0.5) is 5.69 Å². The normalized spacial score (nSPS) is 20.0. The molecule has 3 heterocycles. The molecular weight excluding hydrogens is 741 g/mol. The fraction of sp³-hybridized carbons (Fsp3) is 0.244. The molecule has 12 heteroatoms. The van der Waals surface area contributed by atoms with Crippen LogP contribution in [0.15, 0.2) is 127 Å². The summed E-state index contributed by atoms with van der Waals surface area (Å²) in [6, 6.07) is 33.4. The van der Waals surface area contributed by atoms with Crippen molar-refractivity contribution >= 4 is 52.4 Å². The molecule has 11 nitrogen and oxygen atoms in total. The molecule has 0 unspecified atom stereocenters. The molecule has 7 rings (SSSR count). The van der Waals surface area contributed by atoms with E-state index in [0.29, 0.717) is 11.3 Å². The molecule has 0 aliphatic carbocycles. The van der Waals surface area contributed by atoms with E-state index in [0.717, 1.165) is 27.1 Å². The molecule has 2 aliphatic rings. The van der Waals surface area contributed by atoms with Crippen molar-refractivity contribution in [2.24, 2.45) is 5.92 Å². The third-order valence-electron chi connectivity index (χ3n) is 9.85. The van der Waals surface area contributed by atoms with Gasteiger partial charge in [-0.25, -0.2) is 0 Å². The van der Waals surface area contributed by atoms with Crippen LogP contribution in [0, 0.1) is 5.92 Å². The van der Waals surface area contributed by atoms with E-state index in [9.17, 15) is 33.9 Å². The Hall–Kier alpha value is -6.40. The Morgan fingerprint density at radius 1 is 0.579 bits per heavy atom. The zero-order chi connectivity index (χ0) is 40.1. The van der Waals surface area contributed by atoms with E-state index in [1.54, 1.807) is 24.3 Å². The van der Waals surface area contributed by atoms with Crippen molar-refractivity contribution in [3.8, 4) is 11.1 Å². The van der Waals surface area contributed by atoms with Crippen LogP contribution >= 0.6 is 11.3 Å². The van der Waals surface area contributed by atoms with Gasteiger partial charge in [0.05, 0.1) is 12.0 Å². The molecule has 57 heavy (non-hydrogen) atoms. The lowest BCUT2D eigenvalue weighted by molar-refractivity contribution is -0.144. The molecule has 1 aromatic heterocycles. The van der Waals surface area contributed by atoms with E-state index in [4.69, 9.17) is 0 Å². The Kier molecular flexibility index (Phi) is 13.7. The second-order valence-electron chi connectivity index (χ2n) is 14.1. The Labute approximate surface area is 334 Å². The van der Waals surface area contributed by atoms with E-state index in [1.807, 2.05) is 102 Å². The number of hydrogen-bond donors (Lipinski definition) is 5. The van der Waals surface area contributed by atoms with Gasteiger partial charge >= 0.3 is 5.97 Å². The van der Waals surface area contributed by atoms with Gasteiger partial charge in [-0.1, -0.05) is 103 Å². The summed E-state index contributed by atoms with van der Waals surface area (Å²) in [5, 5.41) is 23.3. The summed E-state index contributed by atoms with van der Waals surface area (Å²) in [6.07, 6.45) is -0.402. The molecule has 5 aromatic rings. The van der Waals surface area contributed by atoms with Gasteiger partial charge in [0.1, 0.15) is 12.1 Å². The van der Waals surface area contributed by atoms with Gasteiger partial charge < -0.3 is 26.4 Å². The first-order valence-electron chi connectivity index (χ1n) is 18.8. The lowest BCUT2D eigenvalue weighted by Gasteiger charge is -2.26. The summed E-state index contributed by atoms with van der Waals surface area (Å²) >= 11 is 1.41. The first kappa shape index (κ1) is 40.3. The first-order chi connectivity index (χ1) is 27.6. The molecule has 0 spiro atoms. The number of ketones is 1. The maximum absolute atomic E-state index is 14.4. The maximum atomic E-state index is 14.4. The number of carbonyl (C=O) groups is 6. The highest BCUT2D eigenvalue weighted by Gasteiger charge is 2.32. The number of Topliss-reactive ketones (excluding diaryl/α,β-unsaturated/α-hetero) is 1. The Bertz CT molecular complexity index is 2160. The van der Waals surface area contributed by atoms with Crippen LogP contribution < -0.4 is 21.3 Å². The SMILES string of the molecule is O=C1CCC(=O)N[C@H](Cc2cccs2)C(=O)N[C@H](Cc2ccc(-c3ccccc3)cc2)C(=O)N[C@@H](Cc2ccccc2)C(=O)C[C@H](C(=O)O)Cc2ccc(cc2)N1. The number of carbonyl (C=O) groups excluding carboxylic acids is 5. The fourth-order valence-electron chi connectivity index (χ4n) is 6.75. The molecule has 5 N–H and O–H groups in total. The average molecular weight is 785 g/mol. The van der Waals surface area contributed by atoms with E-state index in [1.165, 1.54) is 11.3 Å². The van der Waals surface area contributed by atoms with Crippen molar-refractivity contribution < 1.29 is 33.9 Å². The second-order valence-corrected chi connectivity index (χ2v) is 15.2. The summed E-state index contributed by atoms with van der Waals surface area (Å²) in [5.41, 5.74) is 4.55. The molecule has 4 aromatic carbocycles. The summed E-state index contributed by atoms with van der Waals surface area (Å²) in [7, 11) is 0. The van der Waals surface area contributed by atoms with Crippen molar-refractivity contribution in [2.45, 2.75) is 63.1 Å². The highest BCUT2D eigenvalue weighted by Crippen LogP contribution is 2.22. The van der Waals surface area contributed by atoms with Gasteiger partial charge in [0.25, 0.3) is 0 Å². The van der Waals surface area contributed by atoms with E-state index < -0.39 is 59.4 Å². The Morgan fingerprint density at radius 2 is 1.16 bits per heavy atom. The molecule has 2 bridgehead atoms. The van der Waals surface area contributed by atoms with E-state index in [2.05, 4.69) is 21.3 Å². The fourth-order valence-corrected chi connectivity index (χ4v) is 7.50. The van der Waals surface area contributed by atoms with Crippen molar-refractivity contribution in [1.82, 2.24) is 16.0 Å². The molecule has 0 saturated carbocycles. The number of carboxylic acids is 1. The Morgan fingerprint density at radius 3 is 1.81 bits per heavy atom. The van der Waals surface area contributed by atoms with Gasteiger partial charge in [0.2, 0.25) is 23.6 Å². The molecule has 0 saturated heterocycles. The van der Waals surface area contributed by atoms with Gasteiger partial charge in [-0.15, -0.1) is 11.3 Å². The molecule has 2 aliphatic heterocycles. The number of anilines is 1. The smallest absolute Gasteiger partial charge is 0.307 e. The summed E-state index contributed by atoms with van der Waals surface area (Å²) in [6.45, 7) is 0. The van der Waals surface area contributed by atoms with Crippen LogP contribution in [-0.2, 0) is 54.5 Å². The van der Waals surface area contributed by atoms with E-state index >= 15 is 0 Å². The predicted octanol–water partition coefficient (Wildman–Crippen LogP) is 5.53. The van der Waals surface area contributed by atoms with Crippen LogP contribution in [0.5, 0.6) is 0 Å². The molecule has 4 amide bonds. The first-order valence-corrected chi connectivity index (χ1v) is 19.7. The summed E-state index contributed by atoms with van der Waals surface area (Å²) in [5.74, 6) is -4.95. The van der Waals surface area contributed by atoms with Crippen molar-refractivity contribution in [2.75, 3.05) is 5.32 Å². The minimum atomic E-state index is -1.19. The minimum absolute atomic E-state index is 0.0325. The number of carboxylic acid groups (broad SMARTS) is 1. The minimum Gasteiger partial charge on any atom is -0.481 e. The number of amides is 4. The topological polar surface area (TPSA) is 171 Å². The highest BCUT2D eigenvalue weighted by atomic mass is 32.1.